The number of benzene rings is 1. The van der Waals surface area contributed by atoms with Crippen molar-refractivity contribution in [2.24, 2.45) is 5.73 Å². The van der Waals surface area contributed by atoms with E-state index in [0.717, 1.165) is 17.1 Å². The lowest BCUT2D eigenvalue weighted by Crippen LogP contribution is -2.32. The molecule has 1 atom stereocenters. The minimum absolute atomic E-state index is 0.0471. The van der Waals surface area contributed by atoms with Crippen LogP contribution in [0, 0.1) is 5.82 Å². The van der Waals surface area contributed by atoms with Crippen LogP contribution < -0.4 is 11.1 Å². The molecule has 0 fully saturated rings. The van der Waals surface area contributed by atoms with Crippen LogP contribution in [-0.2, 0) is 9.53 Å². The van der Waals surface area contributed by atoms with Gasteiger partial charge in [0.15, 0.2) is 0 Å². The largest absolute Gasteiger partial charge is 0.380 e. The van der Waals surface area contributed by atoms with Crippen LogP contribution in [0.15, 0.2) is 29.2 Å². The van der Waals surface area contributed by atoms with Crippen LogP contribution in [0.3, 0.4) is 0 Å². The van der Waals surface area contributed by atoms with Gasteiger partial charge < -0.3 is 15.8 Å². The third-order valence-corrected chi connectivity index (χ3v) is 3.83. The average molecular weight is 300 g/mol. The molecular formula is C14H21FN2O2S. The number of nitrogens with one attached hydrogen (secondary N) is 1. The highest BCUT2D eigenvalue weighted by Gasteiger charge is 2.10. The Morgan fingerprint density at radius 3 is 2.75 bits per heavy atom. The van der Waals surface area contributed by atoms with E-state index < -0.39 is 0 Å². The van der Waals surface area contributed by atoms with E-state index in [-0.39, 0.29) is 24.2 Å². The number of nitrogens with two attached hydrogens (primary N) is 1. The van der Waals surface area contributed by atoms with E-state index in [4.69, 9.17) is 10.5 Å². The highest BCUT2D eigenvalue weighted by atomic mass is 32.2. The molecular weight excluding hydrogens is 279 g/mol. The van der Waals surface area contributed by atoms with Crippen molar-refractivity contribution in [1.82, 2.24) is 5.32 Å². The molecule has 1 rings (SSSR count). The Bertz CT molecular complexity index is 397. The Hall–Kier alpha value is -1.11. The fourth-order valence-electron chi connectivity index (χ4n) is 1.56. The van der Waals surface area contributed by atoms with Crippen LogP contribution in [-0.4, -0.2) is 38.0 Å². The molecule has 4 nitrogen and oxygen atoms in total. The lowest BCUT2D eigenvalue weighted by Gasteiger charge is -2.12. The maximum absolute atomic E-state index is 12.7. The Labute approximate surface area is 123 Å². The highest BCUT2D eigenvalue weighted by Crippen LogP contribution is 2.18. The van der Waals surface area contributed by atoms with Gasteiger partial charge in [-0.1, -0.05) is 0 Å². The molecule has 0 aliphatic rings. The number of amides is 1. The Balaban J connectivity index is 2.09. The minimum Gasteiger partial charge on any atom is -0.380 e. The quantitative estimate of drug-likeness (QED) is 0.539. The van der Waals surface area contributed by atoms with Crippen molar-refractivity contribution in [3.63, 3.8) is 0 Å². The molecule has 1 aromatic carbocycles. The van der Waals surface area contributed by atoms with E-state index in [2.05, 4.69) is 5.32 Å². The molecule has 0 radical (unpaired) electrons. The predicted octanol–water partition coefficient (Wildman–Crippen LogP) is 1.79. The Morgan fingerprint density at radius 2 is 2.15 bits per heavy atom. The number of carbonyl (C=O) groups is 1. The monoisotopic (exact) mass is 300 g/mol. The van der Waals surface area contributed by atoms with Crippen molar-refractivity contribution in [2.45, 2.75) is 23.8 Å². The summed E-state index contributed by atoms with van der Waals surface area (Å²) < 4.78 is 17.7. The number of thioether (sulfide) groups is 1. The summed E-state index contributed by atoms with van der Waals surface area (Å²) in [6.45, 7) is 0.957. The van der Waals surface area contributed by atoms with Gasteiger partial charge in [0.05, 0.1) is 12.5 Å². The van der Waals surface area contributed by atoms with Gasteiger partial charge in [-0.15, -0.1) is 11.8 Å². The molecule has 112 valence electrons. The van der Waals surface area contributed by atoms with Gasteiger partial charge in [-0.05, 0) is 36.4 Å². The highest BCUT2D eigenvalue weighted by molar-refractivity contribution is 7.99. The maximum Gasteiger partial charge on any atom is 0.222 e. The van der Waals surface area contributed by atoms with Crippen LogP contribution >= 0.6 is 11.8 Å². The van der Waals surface area contributed by atoms with Crippen LogP contribution in [0.25, 0.3) is 0 Å². The zero-order chi connectivity index (χ0) is 14.8. The van der Waals surface area contributed by atoms with E-state index >= 15 is 0 Å². The molecule has 0 heterocycles. The van der Waals surface area contributed by atoms with E-state index in [0.29, 0.717) is 13.1 Å². The first-order valence-corrected chi connectivity index (χ1v) is 7.52. The summed E-state index contributed by atoms with van der Waals surface area (Å²) in [5.74, 6) is 0.597. The molecule has 1 aromatic rings. The van der Waals surface area contributed by atoms with Gasteiger partial charge in [-0.2, -0.15) is 0 Å². The van der Waals surface area contributed by atoms with E-state index in [1.54, 1.807) is 31.0 Å². The van der Waals surface area contributed by atoms with Crippen LogP contribution in [0.1, 0.15) is 12.8 Å². The number of rotatable bonds is 9. The van der Waals surface area contributed by atoms with Gasteiger partial charge in [0, 0.05) is 25.1 Å². The topological polar surface area (TPSA) is 64.3 Å². The van der Waals surface area contributed by atoms with Crippen LogP contribution in [0.5, 0.6) is 0 Å². The van der Waals surface area contributed by atoms with E-state index in [1.165, 1.54) is 12.1 Å². The molecule has 1 unspecified atom stereocenters. The summed E-state index contributed by atoms with van der Waals surface area (Å²) in [4.78, 5) is 12.6. The van der Waals surface area contributed by atoms with Crippen molar-refractivity contribution in [3.8, 4) is 0 Å². The summed E-state index contributed by atoms with van der Waals surface area (Å²) in [6.07, 6.45) is 0.926. The summed E-state index contributed by atoms with van der Waals surface area (Å²) in [7, 11) is 1.55. The summed E-state index contributed by atoms with van der Waals surface area (Å²) in [6, 6.07) is 6.40. The number of halogens is 1. The molecule has 0 aromatic heterocycles. The van der Waals surface area contributed by atoms with Gasteiger partial charge in [0.1, 0.15) is 5.82 Å². The SMILES string of the molecule is COC(CN)CC(=O)NCCCSc1ccc(F)cc1. The van der Waals surface area contributed by atoms with Gasteiger partial charge in [-0.3, -0.25) is 4.79 Å². The van der Waals surface area contributed by atoms with Gasteiger partial charge in [0.25, 0.3) is 0 Å². The summed E-state index contributed by atoms with van der Waals surface area (Å²) in [5, 5.41) is 2.83. The first-order chi connectivity index (χ1) is 9.65. The Kier molecular flexibility index (Phi) is 8.25. The minimum atomic E-state index is -0.228. The second-order valence-electron chi connectivity index (χ2n) is 4.30. The molecule has 0 saturated heterocycles. The smallest absolute Gasteiger partial charge is 0.222 e. The first-order valence-electron chi connectivity index (χ1n) is 6.53. The van der Waals surface area contributed by atoms with Crippen molar-refractivity contribution >= 4 is 17.7 Å². The molecule has 6 heteroatoms. The number of carbonyl (C=O) groups excluding carboxylic acids is 1. The fourth-order valence-corrected chi connectivity index (χ4v) is 2.42. The number of hydrogen-bond acceptors (Lipinski definition) is 4. The lowest BCUT2D eigenvalue weighted by molar-refractivity contribution is -0.123. The average Bonchev–Trinajstić information content (AvgIpc) is 2.46. The molecule has 20 heavy (non-hydrogen) atoms. The Morgan fingerprint density at radius 1 is 1.45 bits per heavy atom. The molecule has 0 aliphatic carbocycles. The second-order valence-corrected chi connectivity index (χ2v) is 5.47. The van der Waals surface area contributed by atoms with Gasteiger partial charge in [-0.25, -0.2) is 4.39 Å². The van der Waals surface area contributed by atoms with Crippen molar-refractivity contribution < 1.29 is 13.9 Å². The summed E-state index contributed by atoms with van der Waals surface area (Å²) >= 11 is 1.64. The standard InChI is InChI=1S/C14H21FN2O2S/c1-19-12(10-16)9-14(18)17-7-2-8-20-13-5-3-11(15)4-6-13/h3-6,12H,2,7-10,16H2,1H3,(H,17,18). The number of hydrogen-bond donors (Lipinski definition) is 2. The van der Waals surface area contributed by atoms with Crippen molar-refractivity contribution in [1.29, 1.82) is 0 Å². The predicted molar refractivity (Wildman–Crippen MR) is 79.2 cm³/mol. The normalized spacial score (nSPS) is 12.2. The zero-order valence-electron chi connectivity index (χ0n) is 11.6. The molecule has 1 amide bonds. The van der Waals surface area contributed by atoms with Gasteiger partial charge in [0.2, 0.25) is 5.91 Å². The third-order valence-electron chi connectivity index (χ3n) is 2.73. The lowest BCUT2D eigenvalue weighted by atomic mass is 10.2. The molecule has 0 bridgehead atoms. The first kappa shape index (κ1) is 16.9. The molecule has 0 saturated carbocycles. The molecule has 0 spiro atoms. The zero-order valence-corrected chi connectivity index (χ0v) is 12.4. The molecule has 0 aliphatic heterocycles. The maximum atomic E-state index is 12.7. The summed E-state index contributed by atoms with van der Waals surface area (Å²) in [5.41, 5.74) is 5.45. The van der Waals surface area contributed by atoms with E-state index in [1.807, 2.05) is 0 Å². The third kappa shape index (κ3) is 6.88. The van der Waals surface area contributed by atoms with E-state index in [9.17, 15) is 9.18 Å². The second kappa shape index (κ2) is 9.74. The van der Waals surface area contributed by atoms with Crippen molar-refractivity contribution in [3.05, 3.63) is 30.1 Å². The van der Waals surface area contributed by atoms with Crippen molar-refractivity contribution in [2.75, 3.05) is 26.0 Å². The number of methoxy groups -OCH3 is 1. The van der Waals surface area contributed by atoms with Crippen LogP contribution in [0.4, 0.5) is 4.39 Å². The molecule has 3 N–H and O–H groups in total. The number of ether oxygens (including phenoxy) is 1. The fraction of sp³-hybridized carbons (Fsp3) is 0.500. The van der Waals surface area contributed by atoms with Crippen LogP contribution in [0.2, 0.25) is 0 Å². The van der Waals surface area contributed by atoms with Gasteiger partial charge >= 0.3 is 0 Å².